The van der Waals surface area contributed by atoms with E-state index >= 15 is 0 Å². The quantitative estimate of drug-likeness (QED) is 0.828. The van der Waals surface area contributed by atoms with Crippen molar-refractivity contribution in [2.75, 3.05) is 43.1 Å². The number of hydrogen-bond donors (Lipinski definition) is 2. The first kappa shape index (κ1) is 15.1. The van der Waals surface area contributed by atoms with Crippen molar-refractivity contribution >= 4 is 21.5 Å². The molecule has 0 amide bonds. The predicted molar refractivity (Wildman–Crippen MR) is 79.8 cm³/mol. The van der Waals surface area contributed by atoms with Crippen molar-refractivity contribution < 1.29 is 8.42 Å². The van der Waals surface area contributed by atoms with E-state index < -0.39 is 9.84 Å². The molecule has 2 rings (SSSR count). The number of nitrogens with one attached hydrogen (secondary N) is 1. The maximum atomic E-state index is 12.1. The largest absolute Gasteiger partial charge is 0.383 e. The van der Waals surface area contributed by atoms with E-state index in [1.54, 1.807) is 4.68 Å². The maximum absolute atomic E-state index is 12.1. The summed E-state index contributed by atoms with van der Waals surface area (Å²) in [5, 5.41) is 7.72. The fourth-order valence-electron chi connectivity index (χ4n) is 2.37. The van der Waals surface area contributed by atoms with Crippen LogP contribution in [0.5, 0.6) is 0 Å². The van der Waals surface area contributed by atoms with Crippen molar-refractivity contribution in [1.82, 2.24) is 15.1 Å². The highest BCUT2D eigenvalue weighted by atomic mass is 32.2. The minimum absolute atomic E-state index is 0.0761. The highest BCUT2D eigenvalue weighted by molar-refractivity contribution is 7.91. The molecule has 2 heterocycles. The molecular weight excluding hydrogens is 278 g/mol. The van der Waals surface area contributed by atoms with Crippen molar-refractivity contribution in [2.45, 2.75) is 31.2 Å². The van der Waals surface area contributed by atoms with Gasteiger partial charge < -0.3 is 16.0 Å². The minimum Gasteiger partial charge on any atom is -0.383 e. The molecule has 0 bridgehead atoms. The summed E-state index contributed by atoms with van der Waals surface area (Å²) in [4.78, 5) is 2.15. The van der Waals surface area contributed by atoms with Gasteiger partial charge in [-0.25, -0.2) is 13.1 Å². The number of nitrogens with two attached hydrogens (primary N) is 1. The van der Waals surface area contributed by atoms with Crippen LogP contribution >= 0.6 is 0 Å². The summed E-state index contributed by atoms with van der Waals surface area (Å²) in [6.07, 6.45) is 2.03. The zero-order chi connectivity index (χ0) is 14.9. The summed E-state index contributed by atoms with van der Waals surface area (Å²) >= 11 is 0. The average Bonchev–Trinajstić information content (AvgIpc) is 2.76. The molecule has 8 heteroatoms. The molecule has 0 aromatic carbocycles. The number of piperazine rings is 1. The van der Waals surface area contributed by atoms with Gasteiger partial charge in [-0.15, -0.1) is 0 Å². The Bertz CT molecular complexity index is 575. The first-order chi connectivity index (χ1) is 9.36. The molecule has 1 aliphatic heterocycles. The van der Waals surface area contributed by atoms with Gasteiger partial charge in [0.05, 0.1) is 6.04 Å². The average molecular weight is 301 g/mol. The molecule has 7 nitrogen and oxygen atoms in total. The van der Waals surface area contributed by atoms with Gasteiger partial charge in [0.2, 0.25) is 0 Å². The third-order valence-electron chi connectivity index (χ3n) is 3.68. The third-order valence-corrected chi connectivity index (χ3v) is 4.81. The van der Waals surface area contributed by atoms with Gasteiger partial charge in [-0.1, -0.05) is 6.92 Å². The number of rotatable bonds is 4. The highest BCUT2D eigenvalue weighted by Crippen LogP contribution is 2.32. The Morgan fingerprint density at radius 1 is 1.40 bits per heavy atom. The second-order valence-corrected chi connectivity index (χ2v) is 7.20. The standard InChI is InChI=1S/C12H23N5O2S/c1-4-9(2)17-11(13)10(20(3,18)19)12(15-17)16-7-5-14-6-8-16/h9,14H,4-8,13H2,1-3H3. The lowest BCUT2D eigenvalue weighted by molar-refractivity contribution is 0.481. The van der Waals surface area contributed by atoms with Crippen LogP contribution in [-0.4, -0.2) is 50.6 Å². The van der Waals surface area contributed by atoms with Crippen LogP contribution in [0, 0.1) is 0 Å². The monoisotopic (exact) mass is 301 g/mol. The zero-order valence-electron chi connectivity index (χ0n) is 12.3. The number of anilines is 2. The van der Waals surface area contributed by atoms with E-state index in [1.807, 2.05) is 18.7 Å². The van der Waals surface area contributed by atoms with Gasteiger partial charge in [0.15, 0.2) is 20.6 Å². The number of hydrogen-bond acceptors (Lipinski definition) is 6. The van der Waals surface area contributed by atoms with E-state index in [0.717, 1.165) is 32.6 Å². The molecule has 1 saturated heterocycles. The molecule has 0 saturated carbocycles. The van der Waals surface area contributed by atoms with Gasteiger partial charge in [0.1, 0.15) is 5.82 Å². The summed E-state index contributed by atoms with van der Waals surface area (Å²) in [5.41, 5.74) is 6.05. The van der Waals surface area contributed by atoms with Crippen molar-refractivity contribution in [3.8, 4) is 0 Å². The summed E-state index contributed by atoms with van der Waals surface area (Å²) < 4.78 is 25.8. The van der Waals surface area contributed by atoms with Crippen LogP contribution < -0.4 is 16.0 Å². The summed E-state index contributed by atoms with van der Waals surface area (Å²) in [7, 11) is -3.40. The lowest BCUT2D eigenvalue weighted by Gasteiger charge is -2.27. The Morgan fingerprint density at radius 2 is 2.00 bits per heavy atom. The lowest BCUT2D eigenvalue weighted by Crippen LogP contribution is -2.44. The van der Waals surface area contributed by atoms with Gasteiger partial charge in [-0.05, 0) is 13.3 Å². The molecule has 0 spiro atoms. The predicted octanol–water partition coefficient (Wildman–Crippen LogP) is 0.249. The van der Waals surface area contributed by atoms with Crippen molar-refractivity contribution in [3.63, 3.8) is 0 Å². The molecule has 1 aliphatic rings. The normalized spacial score (nSPS) is 18.2. The molecule has 1 aromatic rings. The Labute approximate surface area is 120 Å². The minimum atomic E-state index is -3.40. The summed E-state index contributed by atoms with van der Waals surface area (Å²) in [6.45, 7) is 7.12. The smallest absolute Gasteiger partial charge is 0.182 e. The number of aromatic nitrogens is 2. The third kappa shape index (κ3) is 2.76. The van der Waals surface area contributed by atoms with Crippen LogP contribution in [0.2, 0.25) is 0 Å². The molecule has 1 aromatic heterocycles. The first-order valence-corrected chi connectivity index (χ1v) is 8.79. The fraction of sp³-hybridized carbons (Fsp3) is 0.750. The van der Waals surface area contributed by atoms with Gasteiger partial charge in [0, 0.05) is 32.4 Å². The molecule has 0 radical (unpaired) electrons. The Balaban J connectivity index is 2.54. The first-order valence-electron chi connectivity index (χ1n) is 6.90. The van der Waals surface area contributed by atoms with E-state index in [1.165, 1.54) is 6.26 Å². The molecule has 0 aliphatic carbocycles. The highest BCUT2D eigenvalue weighted by Gasteiger charge is 2.29. The second kappa shape index (κ2) is 5.61. The number of sulfone groups is 1. The summed E-state index contributed by atoms with van der Waals surface area (Å²) in [5.74, 6) is 0.738. The molecule has 20 heavy (non-hydrogen) atoms. The molecule has 1 fully saturated rings. The Morgan fingerprint density at radius 3 is 2.50 bits per heavy atom. The fourth-order valence-corrected chi connectivity index (χ4v) is 3.34. The Kier molecular flexibility index (Phi) is 4.24. The molecule has 1 atom stereocenters. The van der Waals surface area contributed by atoms with Gasteiger partial charge >= 0.3 is 0 Å². The van der Waals surface area contributed by atoms with Crippen LogP contribution in [0.3, 0.4) is 0 Å². The van der Waals surface area contributed by atoms with E-state index in [-0.39, 0.29) is 16.8 Å². The SMILES string of the molecule is CCC(C)n1nc(N2CCNCC2)c(S(C)(=O)=O)c1N. The molecular formula is C12H23N5O2S. The van der Waals surface area contributed by atoms with Crippen LogP contribution in [0.15, 0.2) is 4.90 Å². The van der Waals surface area contributed by atoms with E-state index in [9.17, 15) is 8.42 Å². The topological polar surface area (TPSA) is 93.2 Å². The molecule has 3 N–H and O–H groups in total. The molecule has 1 unspecified atom stereocenters. The van der Waals surface area contributed by atoms with Crippen LogP contribution in [0.4, 0.5) is 11.6 Å². The molecule has 114 valence electrons. The zero-order valence-corrected chi connectivity index (χ0v) is 13.1. The van der Waals surface area contributed by atoms with Crippen molar-refractivity contribution in [1.29, 1.82) is 0 Å². The van der Waals surface area contributed by atoms with Gasteiger partial charge in [-0.3, -0.25) is 0 Å². The van der Waals surface area contributed by atoms with Crippen LogP contribution in [0.1, 0.15) is 26.3 Å². The summed E-state index contributed by atoms with van der Waals surface area (Å²) in [6, 6.07) is 0.0761. The van der Waals surface area contributed by atoms with Crippen molar-refractivity contribution in [2.24, 2.45) is 0 Å². The van der Waals surface area contributed by atoms with Crippen LogP contribution in [0.25, 0.3) is 0 Å². The second-order valence-electron chi connectivity index (χ2n) is 5.25. The number of nitrogens with zero attached hydrogens (tertiary/aromatic N) is 3. The van der Waals surface area contributed by atoms with E-state index in [0.29, 0.717) is 5.82 Å². The van der Waals surface area contributed by atoms with Crippen molar-refractivity contribution in [3.05, 3.63) is 0 Å². The maximum Gasteiger partial charge on any atom is 0.182 e. The number of nitrogen functional groups attached to an aromatic ring is 1. The lowest BCUT2D eigenvalue weighted by atomic mass is 10.3. The van der Waals surface area contributed by atoms with Gasteiger partial charge in [-0.2, -0.15) is 5.10 Å². The van der Waals surface area contributed by atoms with E-state index in [2.05, 4.69) is 10.4 Å². The Hall–Kier alpha value is -1.28. The van der Waals surface area contributed by atoms with Gasteiger partial charge in [0.25, 0.3) is 0 Å². The van der Waals surface area contributed by atoms with E-state index in [4.69, 9.17) is 5.73 Å². The van der Waals surface area contributed by atoms with Crippen LogP contribution in [-0.2, 0) is 9.84 Å².